The van der Waals surface area contributed by atoms with Crippen LogP contribution < -0.4 is 10.1 Å². The van der Waals surface area contributed by atoms with Crippen LogP contribution in [0.1, 0.15) is 11.5 Å². The van der Waals surface area contributed by atoms with Crippen molar-refractivity contribution < 1.29 is 23.1 Å². The molecular formula is C19H17ClF2N2O3. The van der Waals surface area contributed by atoms with Crippen molar-refractivity contribution in [3.63, 3.8) is 0 Å². The van der Waals surface area contributed by atoms with Gasteiger partial charge in [0.15, 0.2) is 11.6 Å². The van der Waals surface area contributed by atoms with Crippen molar-refractivity contribution in [2.24, 2.45) is 5.92 Å². The lowest BCUT2D eigenvalue weighted by atomic mass is 9.87. The Hall–Kier alpha value is -2.67. The minimum atomic E-state index is -1.17. The molecule has 2 amide bonds. The molecule has 0 bridgehead atoms. The van der Waals surface area contributed by atoms with E-state index in [-0.39, 0.29) is 5.69 Å². The Balaban J connectivity index is 1.92. The van der Waals surface area contributed by atoms with Gasteiger partial charge in [-0.1, -0.05) is 23.7 Å². The number of carbonyl (C=O) groups excluding carboxylic acids is 2. The molecule has 8 heteroatoms. The van der Waals surface area contributed by atoms with E-state index in [0.29, 0.717) is 22.9 Å². The number of halogens is 3. The number of hydrogen-bond donors (Lipinski definition) is 1. The van der Waals surface area contributed by atoms with E-state index in [0.717, 1.165) is 6.07 Å². The molecule has 1 saturated heterocycles. The van der Waals surface area contributed by atoms with Gasteiger partial charge < -0.3 is 15.0 Å². The number of rotatable bonds is 4. The SMILES string of the molecule is COc1cc([C@@H]2CN(C)C(=O)[C@H]2C(=O)Nc2cccc(F)c2F)ccc1Cl. The molecule has 0 unspecified atom stereocenters. The number of carbonyl (C=O) groups is 2. The van der Waals surface area contributed by atoms with Crippen LogP contribution >= 0.6 is 11.6 Å². The Morgan fingerprint density at radius 1 is 1.30 bits per heavy atom. The molecule has 3 rings (SSSR count). The zero-order valence-corrected chi connectivity index (χ0v) is 15.4. The van der Waals surface area contributed by atoms with E-state index in [2.05, 4.69) is 5.32 Å². The van der Waals surface area contributed by atoms with Gasteiger partial charge in [0.1, 0.15) is 11.7 Å². The molecular weight excluding hydrogens is 378 g/mol. The number of nitrogens with one attached hydrogen (secondary N) is 1. The molecule has 27 heavy (non-hydrogen) atoms. The van der Waals surface area contributed by atoms with Gasteiger partial charge in [0.25, 0.3) is 0 Å². The van der Waals surface area contributed by atoms with Gasteiger partial charge in [-0.15, -0.1) is 0 Å². The summed E-state index contributed by atoms with van der Waals surface area (Å²) < 4.78 is 32.4. The van der Waals surface area contributed by atoms with E-state index in [9.17, 15) is 18.4 Å². The number of methoxy groups -OCH3 is 1. The Morgan fingerprint density at radius 3 is 2.74 bits per heavy atom. The molecule has 0 aliphatic carbocycles. The first-order chi connectivity index (χ1) is 12.8. The molecule has 2 atom stereocenters. The first-order valence-corrected chi connectivity index (χ1v) is 8.54. The fourth-order valence-corrected chi connectivity index (χ4v) is 3.41. The van der Waals surface area contributed by atoms with E-state index in [1.807, 2.05) is 0 Å². The summed E-state index contributed by atoms with van der Waals surface area (Å²) in [5.74, 6) is -4.49. The van der Waals surface area contributed by atoms with Crippen molar-refractivity contribution in [1.82, 2.24) is 4.90 Å². The molecule has 2 aromatic rings. The predicted octanol–water partition coefficient (Wildman–Crippen LogP) is 3.44. The van der Waals surface area contributed by atoms with Crippen LogP contribution in [0, 0.1) is 17.6 Å². The lowest BCUT2D eigenvalue weighted by Gasteiger charge is -2.18. The zero-order chi connectivity index (χ0) is 19.7. The minimum Gasteiger partial charge on any atom is -0.495 e. The summed E-state index contributed by atoms with van der Waals surface area (Å²) in [4.78, 5) is 26.7. The van der Waals surface area contributed by atoms with Gasteiger partial charge >= 0.3 is 0 Å². The van der Waals surface area contributed by atoms with E-state index in [1.165, 1.54) is 24.1 Å². The van der Waals surface area contributed by atoms with E-state index < -0.39 is 35.3 Å². The lowest BCUT2D eigenvalue weighted by molar-refractivity contribution is -0.135. The number of likely N-dealkylation sites (tertiary alicyclic amines) is 1. The number of anilines is 1. The summed E-state index contributed by atoms with van der Waals surface area (Å²) in [7, 11) is 3.05. The highest BCUT2D eigenvalue weighted by molar-refractivity contribution is 6.32. The quantitative estimate of drug-likeness (QED) is 0.808. The molecule has 1 aliphatic rings. The molecule has 142 valence electrons. The Kier molecular flexibility index (Phi) is 5.32. The van der Waals surface area contributed by atoms with Gasteiger partial charge in [-0.3, -0.25) is 9.59 Å². The maximum absolute atomic E-state index is 13.9. The second-order valence-corrected chi connectivity index (χ2v) is 6.69. The molecule has 0 saturated carbocycles. The number of amides is 2. The molecule has 1 aliphatic heterocycles. The molecule has 5 nitrogen and oxygen atoms in total. The first kappa shape index (κ1) is 19.1. The largest absolute Gasteiger partial charge is 0.495 e. The summed E-state index contributed by atoms with van der Waals surface area (Å²) in [6, 6.07) is 8.47. The summed E-state index contributed by atoms with van der Waals surface area (Å²) in [5.41, 5.74) is 0.378. The average molecular weight is 395 g/mol. The number of benzene rings is 2. The highest BCUT2D eigenvalue weighted by Crippen LogP contribution is 2.37. The maximum atomic E-state index is 13.9. The fourth-order valence-electron chi connectivity index (χ4n) is 3.21. The van der Waals surface area contributed by atoms with Crippen LogP contribution in [0.2, 0.25) is 5.02 Å². The molecule has 0 spiro atoms. The Morgan fingerprint density at radius 2 is 2.04 bits per heavy atom. The van der Waals surface area contributed by atoms with Crippen molar-refractivity contribution >= 4 is 29.1 Å². The molecule has 0 aromatic heterocycles. The molecule has 1 N–H and O–H groups in total. The van der Waals surface area contributed by atoms with E-state index in [1.54, 1.807) is 25.2 Å². The number of nitrogens with zero attached hydrogens (tertiary/aromatic N) is 1. The third-order valence-corrected chi connectivity index (χ3v) is 4.92. The summed E-state index contributed by atoms with van der Waals surface area (Å²) in [5, 5.41) is 2.73. The van der Waals surface area contributed by atoms with Crippen molar-refractivity contribution in [2.45, 2.75) is 5.92 Å². The summed E-state index contributed by atoms with van der Waals surface area (Å²) >= 11 is 6.04. The van der Waals surface area contributed by atoms with Crippen LogP contribution in [0.3, 0.4) is 0 Å². The third kappa shape index (κ3) is 3.60. The highest BCUT2D eigenvalue weighted by Gasteiger charge is 2.44. The van der Waals surface area contributed by atoms with Crippen LogP contribution in [0.15, 0.2) is 36.4 Å². The number of likely N-dealkylation sites (N-methyl/N-ethyl adjacent to an activating group) is 1. The van der Waals surface area contributed by atoms with Crippen LogP contribution in [0.5, 0.6) is 5.75 Å². The third-order valence-electron chi connectivity index (χ3n) is 4.61. The van der Waals surface area contributed by atoms with Gasteiger partial charge in [-0.25, -0.2) is 8.78 Å². The van der Waals surface area contributed by atoms with Gasteiger partial charge in [0, 0.05) is 19.5 Å². The van der Waals surface area contributed by atoms with Gasteiger partial charge in [0.05, 0.1) is 17.8 Å². The fraction of sp³-hybridized carbons (Fsp3) is 0.263. The molecule has 1 heterocycles. The monoisotopic (exact) mass is 394 g/mol. The van der Waals surface area contributed by atoms with Crippen LogP contribution in [0.4, 0.5) is 14.5 Å². The van der Waals surface area contributed by atoms with Crippen molar-refractivity contribution in [2.75, 3.05) is 26.0 Å². The number of hydrogen-bond acceptors (Lipinski definition) is 3. The van der Waals surface area contributed by atoms with E-state index in [4.69, 9.17) is 16.3 Å². The van der Waals surface area contributed by atoms with Crippen LogP contribution in [-0.4, -0.2) is 37.4 Å². The zero-order valence-electron chi connectivity index (χ0n) is 14.6. The maximum Gasteiger partial charge on any atom is 0.237 e. The highest BCUT2D eigenvalue weighted by atomic mass is 35.5. The van der Waals surface area contributed by atoms with Crippen LogP contribution in [0.25, 0.3) is 0 Å². The van der Waals surface area contributed by atoms with Crippen molar-refractivity contribution in [3.8, 4) is 5.75 Å². The first-order valence-electron chi connectivity index (χ1n) is 8.16. The lowest BCUT2D eigenvalue weighted by Crippen LogP contribution is -2.33. The minimum absolute atomic E-state index is 0.299. The standard InChI is InChI=1S/C19H17ClF2N2O3/c1-24-9-11(10-6-7-12(20)15(8-10)27-2)16(19(24)26)18(25)23-14-5-3-4-13(21)17(14)22/h3-8,11,16H,9H2,1-2H3,(H,23,25)/t11-,16+/m0/s1. The normalized spacial score (nSPS) is 19.3. The molecule has 0 radical (unpaired) electrons. The number of ether oxygens (including phenoxy) is 1. The average Bonchev–Trinajstić information content (AvgIpc) is 2.94. The van der Waals surface area contributed by atoms with Gasteiger partial charge in [0.2, 0.25) is 11.8 Å². The van der Waals surface area contributed by atoms with E-state index >= 15 is 0 Å². The molecule has 2 aromatic carbocycles. The van der Waals surface area contributed by atoms with Gasteiger partial charge in [-0.2, -0.15) is 0 Å². The van der Waals surface area contributed by atoms with Gasteiger partial charge in [-0.05, 0) is 29.8 Å². The smallest absolute Gasteiger partial charge is 0.237 e. The second-order valence-electron chi connectivity index (χ2n) is 6.29. The topological polar surface area (TPSA) is 58.6 Å². The summed E-state index contributed by atoms with van der Waals surface area (Å²) in [6.45, 7) is 0.299. The summed E-state index contributed by atoms with van der Waals surface area (Å²) in [6.07, 6.45) is 0. The Bertz CT molecular complexity index is 907. The van der Waals surface area contributed by atoms with Crippen molar-refractivity contribution in [3.05, 3.63) is 58.6 Å². The predicted molar refractivity (Wildman–Crippen MR) is 96.9 cm³/mol. The van der Waals surface area contributed by atoms with Crippen molar-refractivity contribution in [1.29, 1.82) is 0 Å². The van der Waals surface area contributed by atoms with Crippen LogP contribution in [-0.2, 0) is 9.59 Å². The Labute approximate surface area is 159 Å². The molecule has 1 fully saturated rings. The second kappa shape index (κ2) is 7.52.